The first-order chi connectivity index (χ1) is 15.6. The maximum absolute atomic E-state index is 13.8. The number of hydrogen-bond acceptors (Lipinski definition) is 1. The van der Waals surface area contributed by atoms with E-state index in [0.717, 1.165) is 60.9 Å². The van der Waals surface area contributed by atoms with Crippen molar-refractivity contribution in [2.45, 2.75) is 31.7 Å². The van der Waals surface area contributed by atoms with E-state index in [0.29, 0.717) is 0 Å². The molecule has 2 heterocycles. The van der Waals surface area contributed by atoms with Gasteiger partial charge in [0, 0.05) is 42.0 Å². The molecule has 164 valence electrons. The Morgan fingerprint density at radius 1 is 0.812 bits per heavy atom. The average molecular weight is 435 g/mol. The molecule has 0 unspecified atom stereocenters. The molecule has 0 saturated heterocycles. The summed E-state index contributed by atoms with van der Waals surface area (Å²) < 4.78 is 40.7. The van der Waals surface area contributed by atoms with Gasteiger partial charge in [0.15, 0.2) is 0 Å². The highest BCUT2D eigenvalue weighted by molar-refractivity contribution is 5.84. The highest BCUT2D eigenvalue weighted by Crippen LogP contribution is 2.31. The summed E-state index contributed by atoms with van der Waals surface area (Å²) >= 11 is 0. The van der Waals surface area contributed by atoms with Gasteiger partial charge in [-0.15, -0.1) is 0 Å². The van der Waals surface area contributed by atoms with Gasteiger partial charge in [0.25, 0.3) is 0 Å². The van der Waals surface area contributed by atoms with Crippen LogP contribution in [0, 0.1) is 17.5 Å². The summed E-state index contributed by atoms with van der Waals surface area (Å²) in [5.74, 6) is -0.645. The van der Waals surface area contributed by atoms with Gasteiger partial charge in [-0.1, -0.05) is 24.3 Å². The van der Waals surface area contributed by atoms with Crippen LogP contribution in [0.3, 0.4) is 0 Å². The Bertz CT molecular complexity index is 1170. The molecular weight excluding hydrogens is 409 g/mol. The summed E-state index contributed by atoms with van der Waals surface area (Å²) in [5.41, 5.74) is 5.46. The third kappa shape index (κ3) is 4.30. The number of nitrogens with one attached hydrogen (secondary N) is 1. The van der Waals surface area contributed by atoms with Crippen molar-refractivity contribution in [2.24, 2.45) is 0 Å². The Balaban J connectivity index is 1.29. The van der Waals surface area contributed by atoms with Gasteiger partial charge in [-0.3, -0.25) is 4.90 Å². The molecule has 0 fully saturated rings. The topological polar surface area (TPSA) is 19.0 Å². The van der Waals surface area contributed by atoms with Crippen LogP contribution >= 0.6 is 0 Å². The number of aromatic amines is 1. The maximum atomic E-state index is 13.8. The van der Waals surface area contributed by atoms with Gasteiger partial charge in [-0.2, -0.15) is 0 Å². The van der Waals surface area contributed by atoms with Crippen LogP contribution in [0.25, 0.3) is 10.9 Å². The molecule has 1 aliphatic heterocycles. The molecule has 4 aromatic rings. The van der Waals surface area contributed by atoms with E-state index >= 15 is 0 Å². The first-order valence-electron chi connectivity index (χ1n) is 11.1. The predicted octanol–water partition coefficient (Wildman–Crippen LogP) is 6.56. The van der Waals surface area contributed by atoms with Gasteiger partial charge in [0.05, 0.1) is 0 Å². The van der Waals surface area contributed by atoms with Crippen LogP contribution in [-0.2, 0) is 13.0 Å². The zero-order valence-electron chi connectivity index (χ0n) is 17.8. The summed E-state index contributed by atoms with van der Waals surface area (Å²) in [5, 5.41) is 0.972. The third-order valence-electron chi connectivity index (χ3n) is 6.53. The molecule has 3 aromatic carbocycles. The van der Waals surface area contributed by atoms with E-state index in [4.69, 9.17) is 0 Å². The fraction of sp³-hybridized carbons (Fsp3) is 0.259. The van der Waals surface area contributed by atoms with Crippen molar-refractivity contribution in [3.05, 3.63) is 107 Å². The molecule has 1 aliphatic rings. The summed E-state index contributed by atoms with van der Waals surface area (Å²) in [6.07, 6.45) is 2.75. The number of benzene rings is 3. The molecule has 0 spiro atoms. The molecule has 32 heavy (non-hydrogen) atoms. The molecule has 0 radical (unpaired) electrons. The van der Waals surface area contributed by atoms with Gasteiger partial charge >= 0.3 is 0 Å². The van der Waals surface area contributed by atoms with Crippen molar-refractivity contribution >= 4 is 10.9 Å². The fourth-order valence-corrected chi connectivity index (χ4v) is 4.87. The van der Waals surface area contributed by atoms with Crippen LogP contribution in [0.15, 0.2) is 66.7 Å². The molecule has 0 saturated carbocycles. The van der Waals surface area contributed by atoms with Crippen LogP contribution in [0.5, 0.6) is 0 Å². The molecule has 0 aliphatic carbocycles. The van der Waals surface area contributed by atoms with Crippen molar-refractivity contribution in [1.29, 1.82) is 0 Å². The van der Waals surface area contributed by atoms with Crippen LogP contribution in [0.1, 0.15) is 41.1 Å². The Morgan fingerprint density at radius 3 is 2.09 bits per heavy atom. The number of nitrogens with zero attached hydrogens (tertiary/aromatic N) is 1. The fourth-order valence-electron chi connectivity index (χ4n) is 4.87. The number of H-pyrrole nitrogens is 1. The lowest BCUT2D eigenvalue weighted by Gasteiger charge is -2.28. The van der Waals surface area contributed by atoms with E-state index in [2.05, 4.69) is 9.88 Å². The minimum atomic E-state index is -0.258. The lowest BCUT2D eigenvalue weighted by Crippen LogP contribution is -2.31. The van der Waals surface area contributed by atoms with Crippen LogP contribution in [0.2, 0.25) is 0 Å². The number of halogens is 3. The van der Waals surface area contributed by atoms with Gasteiger partial charge in [0.2, 0.25) is 0 Å². The number of aromatic nitrogens is 1. The predicted molar refractivity (Wildman–Crippen MR) is 121 cm³/mol. The molecule has 5 heteroatoms. The first kappa shape index (κ1) is 20.8. The van der Waals surface area contributed by atoms with Crippen LogP contribution < -0.4 is 0 Å². The van der Waals surface area contributed by atoms with E-state index in [1.54, 1.807) is 6.07 Å². The standard InChI is InChI=1S/C27H25F3N2/c28-20-7-3-18(4-8-20)23(19-5-9-21(29)10-6-19)2-1-14-32-15-13-27-25(17-32)24-16-22(30)11-12-26(24)31-27/h3-12,16,23,31H,1-2,13-15,17H2. The molecule has 0 bridgehead atoms. The molecule has 5 rings (SSSR count). The van der Waals surface area contributed by atoms with Gasteiger partial charge in [-0.25, -0.2) is 13.2 Å². The second kappa shape index (κ2) is 8.83. The van der Waals surface area contributed by atoms with E-state index in [1.165, 1.54) is 41.6 Å². The summed E-state index contributed by atoms with van der Waals surface area (Å²) in [6.45, 7) is 2.68. The number of hydrogen-bond donors (Lipinski definition) is 1. The summed E-state index contributed by atoms with van der Waals surface area (Å²) in [6, 6.07) is 18.1. The lowest BCUT2D eigenvalue weighted by atomic mass is 9.87. The Labute approximate surface area is 185 Å². The van der Waals surface area contributed by atoms with Gasteiger partial charge in [-0.05, 0) is 78.5 Å². The van der Waals surface area contributed by atoms with Crippen LogP contribution in [0.4, 0.5) is 13.2 Å². The van der Waals surface area contributed by atoms with Crippen molar-refractivity contribution in [3.8, 4) is 0 Å². The van der Waals surface area contributed by atoms with E-state index in [-0.39, 0.29) is 23.4 Å². The molecule has 1 aromatic heterocycles. The summed E-state index contributed by atoms with van der Waals surface area (Å²) in [7, 11) is 0. The highest BCUT2D eigenvalue weighted by atomic mass is 19.1. The smallest absolute Gasteiger partial charge is 0.123 e. The Hall–Kier alpha value is -3.05. The molecule has 0 atom stereocenters. The van der Waals surface area contributed by atoms with E-state index < -0.39 is 0 Å². The Kier molecular flexibility index (Phi) is 5.75. The third-order valence-corrected chi connectivity index (χ3v) is 6.53. The average Bonchev–Trinajstić information content (AvgIpc) is 3.15. The van der Waals surface area contributed by atoms with Crippen molar-refractivity contribution < 1.29 is 13.2 Å². The number of rotatable bonds is 6. The monoisotopic (exact) mass is 434 g/mol. The highest BCUT2D eigenvalue weighted by Gasteiger charge is 2.21. The molecule has 2 nitrogen and oxygen atoms in total. The van der Waals surface area contributed by atoms with E-state index in [1.807, 2.05) is 30.3 Å². The van der Waals surface area contributed by atoms with Gasteiger partial charge in [0.1, 0.15) is 17.5 Å². The zero-order valence-corrected chi connectivity index (χ0v) is 17.8. The number of fused-ring (bicyclic) bond motifs is 3. The quantitative estimate of drug-likeness (QED) is 0.364. The van der Waals surface area contributed by atoms with Crippen molar-refractivity contribution in [3.63, 3.8) is 0 Å². The molecule has 1 N–H and O–H groups in total. The molecular formula is C27H25F3N2. The maximum Gasteiger partial charge on any atom is 0.123 e. The zero-order chi connectivity index (χ0) is 22.1. The van der Waals surface area contributed by atoms with Gasteiger partial charge < -0.3 is 4.98 Å². The lowest BCUT2D eigenvalue weighted by molar-refractivity contribution is 0.248. The second-order valence-corrected chi connectivity index (χ2v) is 8.60. The Morgan fingerprint density at radius 2 is 1.44 bits per heavy atom. The summed E-state index contributed by atoms with van der Waals surface area (Å²) in [4.78, 5) is 5.85. The molecule has 0 amide bonds. The van der Waals surface area contributed by atoms with Crippen molar-refractivity contribution in [2.75, 3.05) is 13.1 Å². The minimum Gasteiger partial charge on any atom is -0.358 e. The van der Waals surface area contributed by atoms with Crippen molar-refractivity contribution in [1.82, 2.24) is 9.88 Å². The first-order valence-corrected chi connectivity index (χ1v) is 11.1. The SMILES string of the molecule is Fc1ccc(C(CCCN2CCc3[nH]c4ccc(F)cc4c3C2)c2ccc(F)cc2)cc1. The largest absolute Gasteiger partial charge is 0.358 e. The second-order valence-electron chi connectivity index (χ2n) is 8.60. The normalized spacial score (nSPS) is 14.2. The van der Waals surface area contributed by atoms with Crippen LogP contribution in [-0.4, -0.2) is 23.0 Å². The minimum absolute atomic E-state index is 0.0822. The van der Waals surface area contributed by atoms with E-state index in [9.17, 15) is 13.2 Å².